The number of amides is 1. The van der Waals surface area contributed by atoms with Crippen molar-refractivity contribution in [3.05, 3.63) is 70.1 Å². The van der Waals surface area contributed by atoms with Gasteiger partial charge in [0, 0.05) is 19.0 Å². The highest BCUT2D eigenvalue weighted by atomic mass is 16.5. The summed E-state index contributed by atoms with van der Waals surface area (Å²) in [5.41, 5.74) is 1.47. The number of nitrogens with one attached hydrogen (secondary N) is 1. The van der Waals surface area contributed by atoms with Gasteiger partial charge in [-0.15, -0.1) is 0 Å². The van der Waals surface area contributed by atoms with E-state index in [4.69, 9.17) is 4.74 Å². The van der Waals surface area contributed by atoms with E-state index in [1.165, 1.54) is 4.68 Å². The van der Waals surface area contributed by atoms with Crippen LogP contribution in [0.5, 0.6) is 5.75 Å². The molecule has 3 rings (SSSR count). The zero-order valence-corrected chi connectivity index (χ0v) is 17.2. The predicted molar refractivity (Wildman–Crippen MR) is 113 cm³/mol. The zero-order valence-electron chi connectivity index (χ0n) is 17.2. The van der Waals surface area contributed by atoms with E-state index in [0.717, 1.165) is 11.3 Å². The molecule has 0 aliphatic heterocycles. The van der Waals surface area contributed by atoms with Crippen molar-refractivity contribution in [2.45, 2.75) is 12.5 Å². The average Bonchev–Trinajstić information content (AvgIpc) is 2.72. The number of benzene rings is 2. The van der Waals surface area contributed by atoms with E-state index in [-0.39, 0.29) is 23.9 Å². The third kappa shape index (κ3) is 4.63. The van der Waals surface area contributed by atoms with E-state index in [2.05, 4.69) is 15.3 Å². The van der Waals surface area contributed by atoms with Gasteiger partial charge in [-0.3, -0.25) is 9.59 Å². The van der Waals surface area contributed by atoms with Gasteiger partial charge < -0.3 is 15.0 Å². The second-order valence-corrected chi connectivity index (χ2v) is 7.16. The van der Waals surface area contributed by atoms with Crippen molar-refractivity contribution < 1.29 is 9.53 Å². The zero-order chi connectivity index (χ0) is 21.0. The Labute approximate surface area is 169 Å². The Morgan fingerprint density at radius 1 is 1.17 bits per heavy atom. The van der Waals surface area contributed by atoms with Crippen molar-refractivity contribution in [3.8, 4) is 5.75 Å². The SMILES string of the molecule is COc1cccc(C(CNC(=O)Cc2nn(C)c(=O)c3ccccc23)N(C)C)c1. The maximum atomic E-state index is 12.7. The van der Waals surface area contributed by atoms with E-state index in [1.807, 2.05) is 56.6 Å². The average molecular weight is 394 g/mol. The summed E-state index contributed by atoms with van der Waals surface area (Å²) in [6, 6.07) is 15.0. The number of methoxy groups -OCH3 is 1. The van der Waals surface area contributed by atoms with Crippen molar-refractivity contribution in [3.63, 3.8) is 0 Å². The van der Waals surface area contributed by atoms with Crippen LogP contribution in [-0.4, -0.2) is 48.3 Å². The quantitative estimate of drug-likeness (QED) is 0.662. The Morgan fingerprint density at radius 2 is 1.90 bits per heavy atom. The number of carbonyl (C=O) groups excluding carboxylic acids is 1. The van der Waals surface area contributed by atoms with Gasteiger partial charge in [0.1, 0.15) is 5.75 Å². The lowest BCUT2D eigenvalue weighted by Crippen LogP contribution is -2.35. The van der Waals surface area contributed by atoms with Crippen LogP contribution in [0.3, 0.4) is 0 Å². The van der Waals surface area contributed by atoms with Gasteiger partial charge in [0.2, 0.25) is 5.91 Å². The predicted octanol–water partition coefficient (Wildman–Crippen LogP) is 1.90. The van der Waals surface area contributed by atoms with Crippen LogP contribution in [0, 0.1) is 0 Å². The number of aryl methyl sites for hydroxylation is 1. The van der Waals surface area contributed by atoms with Crippen LogP contribution >= 0.6 is 0 Å². The molecule has 0 aliphatic carbocycles. The minimum atomic E-state index is -0.171. The number of rotatable bonds is 7. The molecule has 1 heterocycles. The first-order valence-corrected chi connectivity index (χ1v) is 9.42. The van der Waals surface area contributed by atoms with Gasteiger partial charge in [-0.05, 0) is 37.9 Å². The van der Waals surface area contributed by atoms with Crippen LogP contribution < -0.4 is 15.6 Å². The van der Waals surface area contributed by atoms with E-state index < -0.39 is 0 Å². The van der Waals surface area contributed by atoms with E-state index >= 15 is 0 Å². The Bertz CT molecular complexity index is 1080. The number of hydrogen-bond acceptors (Lipinski definition) is 5. The molecule has 1 amide bonds. The molecule has 0 aliphatic rings. The van der Waals surface area contributed by atoms with Gasteiger partial charge >= 0.3 is 0 Å². The van der Waals surface area contributed by atoms with Crippen LogP contribution in [0.15, 0.2) is 53.3 Å². The third-order valence-corrected chi connectivity index (χ3v) is 4.96. The van der Waals surface area contributed by atoms with Crippen molar-refractivity contribution in [1.29, 1.82) is 0 Å². The molecule has 0 bridgehead atoms. The summed E-state index contributed by atoms with van der Waals surface area (Å²) in [7, 11) is 7.17. The molecular weight excluding hydrogens is 368 g/mol. The van der Waals surface area contributed by atoms with Gasteiger partial charge in [-0.1, -0.05) is 30.3 Å². The monoisotopic (exact) mass is 394 g/mol. The number of ether oxygens (including phenoxy) is 1. The molecule has 0 fully saturated rings. The van der Waals surface area contributed by atoms with Crippen LogP contribution in [0.4, 0.5) is 0 Å². The summed E-state index contributed by atoms with van der Waals surface area (Å²) in [6.07, 6.45) is 0.104. The molecule has 0 spiro atoms. The topological polar surface area (TPSA) is 76.5 Å². The Balaban J connectivity index is 1.76. The molecule has 0 saturated carbocycles. The van der Waals surface area contributed by atoms with Crippen molar-refractivity contribution >= 4 is 16.7 Å². The van der Waals surface area contributed by atoms with Crippen LogP contribution in [0.2, 0.25) is 0 Å². The fourth-order valence-corrected chi connectivity index (χ4v) is 3.38. The minimum absolute atomic E-state index is 0.00103. The van der Waals surface area contributed by atoms with Crippen molar-refractivity contribution in [2.75, 3.05) is 27.7 Å². The molecule has 7 heteroatoms. The summed E-state index contributed by atoms with van der Waals surface area (Å²) in [6.45, 7) is 0.447. The molecule has 1 aromatic heterocycles. The second kappa shape index (κ2) is 8.87. The molecule has 7 nitrogen and oxygen atoms in total. The van der Waals surface area contributed by atoms with Gasteiger partial charge in [-0.2, -0.15) is 5.10 Å². The summed E-state index contributed by atoms with van der Waals surface area (Å²) in [4.78, 5) is 27.0. The standard InChI is InChI=1S/C22H26N4O3/c1-25(2)20(15-8-7-9-16(12-15)29-4)14-23-21(27)13-19-17-10-5-6-11-18(17)22(28)26(3)24-19/h5-12,20H,13-14H2,1-4H3,(H,23,27). The highest BCUT2D eigenvalue weighted by Gasteiger charge is 2.17. The molecule has 152 valence electrons. The normalized spacial score (nSPS) is 12.2. The number of likely N-dealkylation sites (N-methyl/N-ethyl adjacent to an activating group) is 1. The Hall–Kier alpha value is -3.19. The van der Waals surface area contributed by atoms with Gasteiger partial charge in [-0.25, -0.2) is 4.68 Å². The van der Waals surface area contributed by atoms with Gasteiger partial charge in [0.25, 0.3) is 5.56 Å². The van der Waals surface area contributed by atoms with Gasteiger partial charge in [0.15, 0.2) is 0 Å². The van der Waals surface area contributed by atoms with Gasteiger partial charge in [0.05, 0.1) is 30.7 Å². The summed E-state index contributed by atoms with van der Waals surface area (Å²) >= 11 is 0. The first-order valence-electron chi connectivity index (χ1n) is 9.42. The number of nitrogens with zero attached hydrogens (tertiary/aromatic N) is 3. The molecular formula is C22H26N4O3. The molecule has 29 heavy (non-hydrogen) atoms. The Morgan fingerprint density at radius 3 is 2.59 bits per heavy atom. The Kier molecular flexibility index (Phi) is 6.29. The number of hydrogen-bond donors (Lipinski definition) is 1. The molecule has 0 radical (unpaired) electrons. The lowest BCUT2D eigenvalue weighted by molar-refractivity contribution is -0.120. The lowest BCUT2D eigenvalue weighted by atomic mass is 10.1. The van der Waals surface area contributed by atoms with E-state index in [9.17, 15) is 9.59 Å². The molecule has 2 aromatic carbocycles. The number of carbonyl (C=O) groups is 1. The lowest BCUT2D eigenvalue weighted by Gasteiger charge is -2.25. The van der Waals surface area contributed by atoms with Crippen LogP contribution in [0.25, 0.3) is 10.8 Å². The first-order chi connectivity index (χ1) is 13.9. The van der Waals surface area contributed by atoms with Crippen LogP contribution in [0.1, 0.15) is 17.3 Å². The highest BCUT2D eigenvalue weighted by molar-refractivity contribution is 5.88. The fraction of sp³-hybridized carbons (Fsp3) is 0.318. The summed E-state index contributed by atoms with van der Waals surface area (Å²) in [5.74, 6) is 0.637. The van der Waals surface area contributed by atoms with Crippen molar-refractivity contribution in [1.82, 2.24) is 20.0 Å². The second-order valence-electron chi connectivity index (χ2n) is 7.16. The molecule has 1 unspecified atom stereocenters. The van der Waals surface area contributed by atoms with Crippen LogP contribution in [-0.2, 0) is 18.3 Å². The van der Waals surface area contributed by atoms with E-state index in [0.29, 0.717) is 23.0 Å². The minimum Gasteiger partial charge on any atom is -0.497 e. The third-order valence-electron chi connectivity index (χ3n) is 4.96. The fourth-order valence-electron chi connectivity index (χ4n) is 3.38. The van der Waals surface area contributed by atoms with Crippen molar-refractivity contribution in [2.24, 2.45) is 7.05 Å². The molecule has 0 saturated heterocycles. The summed E-state index contributed by atoms with van der Waals surface area (Å²) < 4.78 is 6.59. The summed E-state index contributed by atoms with van der Waals surface area (Å²) in [5, 5.41) is 8.57. The first kappa shape index (κ1) is 20.5. The number of fused-ring (bicyclic) bond motifs is 1. The molecule has 1 N–H and O–H groups in total. The van der Waals surface area contributed by atoms with E-state index in [1.54, 1.807) is 20.2 Å². The highest BCUT2D eigenvalue weighted by Crippen LogP contribution is 2.22. The largest absolute Gasteiger partial charge is 0.497 e. The molecule has 3 aromatic rings. The molecule has 1 atom stereocenters. The number of aromatic nitrogens is 2. The maximum absolute atomic E-state index is 12.7. The maximum Gasteiger partial charge on any atom is 0.274 e. The smallest absolute Gasteiger partial charge is 0.274 e.